The first-order valence-electron chi connectivity index (χ1n) is 7.54. The van der Waals surface area contributed by atoms with Gasteiger partial charge < -0.3 is 10.2 Å². The summed E-state index contributed by atoms with van der Waals surface area (Å²) in [6.45, 7) is 10.0. The van der Waals surface area contributed by atoms with Crippen molar-refractivity contribution in [3.63, 3.8) is 0 Å². The summed E-state index contributed by atoms with van der Waals surface area (Å²) in [5, 5.41) is 7.76. The number of likely N-dealkylation sites (tertiary alicyclic amines) is 1. The highest BCUT2D eigenvalue weighted by atomic mass is 16.2. The molecule has 1 amide bonds. The fourth-order valence-electron chi connectivity index (χ4n) is 2.70. The molecule has 1 aromatic rings. The lowest BCUT2D eigenvalue weighted by Crippen LogP contribution is -2.48. The molecule has 0 radical (unpaired) electrons. The first-order chi connectivity index (χ1) is 9.49. The fourth-order valence-corrected chi connectivity index (χ4v) is 2.70. The molecule has 2 heterocycles. The van der Waals surface area contributed by atoms with Gasteiger partial charge in [0.1, 0.15) is 0 Å². The van der Waals surface area contributed by atoms with Gasteiger partial charge in [0.15, 0.2) is 0 Å². The molecule has 0 spiro atoms. The number of hydrogen-bond acceptors (Lipinski definition) is 3. The smallest absolute Gasteiger partial charge is 0.239 e. The van der Waals surface area contributed by atoms with E-state index in [1.807, 2.05) is 35.8 Å². The fraction of sp³-hybridized carbons (Fsp3) is 0.733. The van der Waals surface area contributed by atoms with E-state index in [1.165, 1.54) is 0 Å². The molecule has 0 aromatic carbocycles. The molecule has 1 saturated heterocycles. The van der Waals surface area contributed by atoms with E-state index in [0.717, 1.165) is 31.5 Å². The standard InChI is InChI=1S/C15H26N4O/c1-11-9-16-19(10-11)14(4)12(2)17-13(3)15(20)18-7-5-6-8-18/h9-10,12-14,17H,5-8H2,1-4H3/t12-,13-,14+/m0/s1. The Morgan fingerprint density at radius 3 is 2.50 bits per heavy atom. The molecule has 0 saturated carbocycles. The molecular weight excluding hydrogens is 252 g/mol. The maximum absolute atomic E-state index is 12.3. The SMILES string of the molecule is Cc1cnn([C@H](C)[C@H](C)N[C@@H](C)C(=O)N2CCCC2)c1. The maximum atomic E-state index is 12.3. The first-order valence-corrected chi connectivity index (χ1v) is 7.54. The van der Waals surface area contributed by atoms with Gasteiger partial charge in [-0.3, -0.25) is 9.48 Å². The predicted molar refractivity (Wildman–Crippen MR) is 79.5 cm³/mol. The summed E-state index contributed by atoms with van der Waals surface area (Å²) in [4.78, 5) is 14.3. The Morgan fingerprint density at radius 1 is 1.30 bits per heavy atom. The molecule has 5 heteroatoms. The molecule has 0 bridgehead atoms. The van der Waals surface area contributed by atoms with Crippen LogP contribution in [-0.2, 0) is 4.79 Å². The lowest BCUT2D eigenvalue weighted by Gasteiger charge is -2.27. The minimum absolute atomic E-state index is 0.137. The molecular formula is C15H26N4O. The van der Waals surface area contributed by atoms with E-state index in [0.29, 0.717) is 0 Å². The van der Waals surface area contributed by atoms with Gasteiger partial charge in [-0.1, -0.05) is 0 Å². The highest BCUT2D eigenvalue weighted by Crippen LogP contribution is 2.13. The summed E-state index contributed by atoms with van der Waals surface area (Å²) in [6.07, 6.45) is 6.17. The van der Waals surface area contributed by atoms with Crippen molar-refractivity contribution in [2.45, 2.75) is 58.7 Å². The quantitative estimate of drug-likeness (QED) is 0.892. The van der Waals surface area contributed by atoms with Crippen LogP contribution in [0.1, 0.15) is 45.2 Å². The van der Waals surface area contributed by atoms with Gasteiger partial charge in [-0.25, -0.2) is 0 Å². The van der Waals surface area contributed by atoms with Crippen LogP contribution in [0.25, 0.3) is 0 Å². The molecule has 5 nitrogen and oxygen atoms in total. The van der Waals surface area contributed by atoms with E-state index >= 15 is 0 Å². The van der Waals surface area contributed by atoms with Crippen LogP contribution in [0.2, 0.25) is 0 Å². The summed E-state index contributed by atoms with van der Waals surface area (Å²) in [7, 11) is 0. The third-order valence-corrected chi connectivity index (χ3v) is 4.17. The van der Waals surface area contributed by atoms with Gasteiger partial charge in [0.05, 0.1) is 18.3 Å². The van der Waals surface area contributed by atoms with Gasteiger partial charge in [0.2, 0.25) is 5.91 Å². The van der Waals surface area contributed by atoms with E-state index in [1.54, 1.807) is 0 Å². The van der Waals surface area contributed by atoms with Crippen molar-refractivity contribution in [1.29, 1.82) is 0 Å². The third-order valence-electron chi connectivity index (χ3n) is 4.17. The summed E-state index contributed by atoms with van der Waals surface area (Å²) in [5.41, 5.74) is 1.16. The van der Waals surface area contributed by atoms with Crippen LogP contribution in [0.5, 0.6) is 0 Å². The van der Waals surface area contributed by atoms with Gasteiger partial charge in [-0.2, -0.15) is 5.10 Å². The van der Waals surface area contributed by atoms with Crippen molar-refractivity contribution in [3.05, 3.63) is 18.0 Å². The van der Waals surface area contributed by atoms with Crippen LogP contribution in [0.3, 0.4) is 0 Å². The van der Waals surface area contributed by atoms with Gasteiger partial charge in [-0.05, 0) is 46.1 Å². The highest BCUT2D eigenvalue weighted by Gasteiger charge is 2.25. The number of nitrogens with zero attached hydrogens (tertiary/aromatic N) is 3. The van der Waals surface area contributed by atoms with E-state index in [-0.39, 0.29) is 24.0 Å². The topological polar surface area (TPSA) is 50.2 Å². The van der Waals surface area contributed by atoms with Crippen molar-refractivity contribution in [1.82, 2.24) is 20.0 Å². The highest BCUT2D eigenvalue weighted by molar-refractivity contribution is 5.81. The predicted octanol–water partition coefficient (Wildman–Crippen LogP) is 1.74. The van der Waals surface area contributed by atoms with Gasteiger partial charge in [0, 0.05) is 25.3 Å². The van der Waals surface area contributed by atoms with Crippen molar-refractivity contribution < 1.29 is 4.79 Å². The molecule has 2 rings (SSSR count). The van der Waals surface area contributed by atoms with Gasteiger partial charge in [-0.15, -0.1) is 0 Å². The maximum Gasteiger partial charge on any atom is 0.239 e. The summed E-state index contributed by atoms with van der Waals surface area (Å²) >= 11 is 0. The number of carbonyl (C=O) groups excluding carboxylic acids is 1. The van der Waals surface area contributed by atoms with E-state index in [9.17, 15) is 4.79 Å². The van der Waals surface area contributed by atoms with Crippen LogP contribution >= 0.6 is 0 Å². The Balaban J connectivity index is 1.89. The summed E-state index contributed by atoms with van der Waals surface area (Å²) in [5.74, 6) is 0.221. The first kappa shape index (κ1) is 15.0. The minimum atomic E-state index is -0.137. The van der Waals surface area contributed by atoms with Crippen LogP contribution in [0.4, 0.5) is 0 Å². The monoisotopic (exact) mass is 278 g/mol. The normalized spacial score (nSPS) is 19.9. The lowest BCUT2D eigenvalue weighted by molar-refractivity contribution is -0.132. The Kier molecular flexibility index (Phi) is 4.81. The number of aromatic nitrogens is 2. The summed E-state index contributed by atoms with van der Waals surface area (Å²) < 4.78 is 1.96. The van der Waals surface area contributed by atoms with Gasteiger partial charge >= 0.3 is 0 Å². The number of hydrogen-bond donors (Lipinski definition) is 1. The second kappa shape index (κ2) is 6.39. The Hall–Kier alpha value is -1.36. The Morgan fingerprint density at radius 2 is 1.95 bits per heavy atom. The Bertz CT molecular complexity index is 450. The van der Waals surface area contributed by atoms with Crippen molar-refractivity contribution in [2.24, 2.45) is 0 Å². The van der Waals surface area contributed by atoms with Crippen molar-refractivity contribution in [3.8, 4) is 0 Å². The van der Waals surface area contributed by atoms with E-state index < -0.39 is 0 Å². The number of carbonyl (C=O) groups is 1. The molecule has 112 valence electrons. The third kappa shape index (κ3) is 3.39. The second-order valence-electron chi connectivity index (χ2n) is 5.95. The molecule has 1 fully saturated rings. The number of rotatable bonds is 5. The average molecular weight is 278 g/mol. The van der Waals surface area contributed by atoms with E-state index in [2.05, 4.69) is 24.3 Å². The zero-order chi connectivity index (χ0) is 14.7. The van der Waals surface area contributed by atoms with Gasteiger partial charge in [0.25, 0.3) is 0 Å². The molecule has 1 N–H and O–H groups in total. The van der Waals surface area contributed by atoms with Crippen LogP contribution in [0, 0.1) is 6.92 Å². The number of nitrogens with one attached hydrogen (secondary N) is 1. The molecule has 0 unspecified atom stereocenters. The van der Waals surface area contributed by atoms with Crippen molar-refractivity contribution >= 4 is 5.91 Å². The largest absolute Gasteiger partial charge is 0.341 e. The zero-order valence-electron chi connectivity index (χ0n) is 13.0. The van der Waals surface area contributed by atoms with Crippen LogP contribution in [0.15, 0.2) is 12.4 Å². The zero-order valence-corrected chi connectivity index (χ0v) is 13.0. The average Bonchev–Trinajstić information content (AvgIpc) is 3.07. The number of aryl methyl sites for hydroxylation is 1. The molecule has 20 heavy (non-hydrogen) atoms. The molecule has 1 aliphatic heterocycles. The number of amides is 1. The molecule has 0 aliphatic carbocycles. The second-order valence-corrected chi connectivity index (χ2v) is 5.95. The lowest BCUT2D eigenvalue weighted by atomic mass is 10.1. The van der Waals surface area contributed by atoms with Crippen LogP contribution < -0.4 is 5.32 Å². The van der Waals surface area contributed by atoms with Crippen LogP contribution in [-0.4, -0.2) is 45.8 Å². The minimum Gasteiger partial charge on any atom is -0.341 e. The van der Waals surface area contributed by atoms with Crippen molar-refractivity contribution in [2.75, 3.05) is 13.1 Å². The summed E-state index contributed by atoms with van der Waals surface area (Å²) in [6, 6.07) is 0.274. The molecule has 1 aromatic heterocycles. The van der Waals surface area contributed by atoms with E-state index in [4.69, 9.17) is 0 Å². The molecule has 1 aliphatic rings. The Labute approximate surface area is 121 Å². The molecule has 3 atom stereocenters.